The first kappa shape index (κ1) is 14.0. The van der Waals surface area contributed by atoms with Gasteiger partial charge in [0.05, 0.1) is 0 Å². The van der Waals surface area contributed by atoms with Crippen LogP contribution in [0.4, 0.5) is 0 Å². The van der Waals surface area contributed by atoms with Crippen LogP contribution in [-0.4, -0.2) is 9.97 Å². The van der Waals surface area contributed by atoms with Gasteiger partial charge in [0, 0.05) is 35.2 Å². The summed E-state index contributed by atoms with van der Waals surface area (Å²) in [4.78, 5) is 8.53. The molecule has 0 unspecified atom stereocenters. The van der Waals surface area contributed by atoms with E-state index >= 15 is 0 Å². The third-order valence-corrected chi connectivity index (χ3v) is 4.33. The van der Waals surface area contributed by atoms with Crippen LogP contribution in [0.5, 0.6) is 0 Å². The first-order chi connectivity index (χ1) is 10.3. The quantitative estimate of drug-likeness (QED) is 0.693. The lowest BCUT2D eigenvalue weighted by atomic mass is 9.88. The Kier molecular flexibility index (Phi) is 4.41. The zero-order valence-electron chi connectivity index (χ0n) is 11.5. The number of aromatic nitrogens is 2. The molecule has 0 fully saturated rings. The van der Waals surface area contributed by atoms with Crippen LogP contribution in [0.25, 0.3) is 0 Å². The Hall–Kier alpha value is -2.00. The summed E-state index contributed by atoms with van der Waals surface area (Å²) in [5, 5.41) is 0. The fraction of sp³-hybridized carbons (Fsp3) is 0.111. The number of halogens is 1. The second-order valence-electron chi connectivity index (χ2n) is 4.92. The van der Waals surface area contributed by atoms with E-state index in [1.807, 2.05) is 43.0 Å². The van der Waals surface area contributed by atoms with Crippen LogP contribution in [0.3, 0.4) is 0 Å². The maximum atomic E-state index is 4.26. The van der Waals surface area contributed by atoms with E-state index in [2.05, 4.69) is 56.2 Å². The van der Waals surface area contributed by atoms with E-state index in [1.165, 1.54) is 16.7 Å². The minimum atomic E-state index is 0.256. The number of hydrogen-bond acceptors (Lipinski definition) is 2. The van der Waals surface area contributed by atoms with Gasteiger partial charge in [-0.05, 0) is 41.3 Å². The lowest BCUT2D eigenvalue weighted by molar-refractivity contribution is 0.792. The molecule has 21 heavy (non-hydrogen) atoms. The summed E-state index contributed by atoms with van der Waals surface area (Å²) < 4.78 is 1.14. The van der Waals surface area contributed by atoms with Gasteiger partial charge in [-0.1, -0.05) is 46.3 Å². The topological polar surface area (TPSA) is 25.8 Å². The summed E-state index contributed by atoms with van der Waals surface area (Å²) >= 11 is 3.64. The second kappa shape index (κ2) is 6.64. The molecule has 1 aromatic carbocycles. The highest BCUT2D eigenvalue weighted by atomic mass is 79.9. The molecule has 0 aliphatic rings. The predicted molar refractivity (Wildman–Crippen MR) is 88.2 cm³/mol. The van der Waals surface area contributed by atoms with E-state index in [-0.39, 0.29) is 5.92 Å². The molecule has 2 aromatic heterocycles. The van der Waals surface area contributed by atoms with E-state index in [4.69, 9.17) is 0 Å². The van der Waals surface area contributed by atoms with Crippen molar-refractivity contribution in [3.63, 3.8) is 0 Å². The van der Waals surface area contributed by atoms with Crippen molar-refractivity contribution in [3.05, 3.63) is 94.5 Å². The zero-order valence-corrected chi connectivity index (χ0v) is 13.1. The highest BCUT2D eigenvalue weighted by Gasteiger charge is 2.16. The molecule has 0 saturated carbocycles. The standard InChI is InChI=1S/C18H15BrN2/c19-18-8-2-1-5-14(18)11-17(15-6-3-9-20-12-15)16-7-4-10-21-13-16/h1-10,12-13,17H,11H2. The molecular formula is C18H15BrN2. The molecule has 0 spiro atoms. The Balaban J connectivity index is 1.99. The minimum absolute atomic E-state index is 0.256. The molecule has 0 saturated heterocycles. The maximum absolute atomic E-state index is 4.26. The van der Waals surface area contributed by atoms with Crippen molar-refractivity contribution in [2.24, 2.45) is 0 Å². The van der Waals surface area contributed by atoms with Gasteiger partial charge in [0.15, 0.2) is 0 Å². The summed E-state index contributed by atoms with van der Waals surface area (Å²) in [6.45, 7) is 0. The highest BCUT2D eigenvalue weighted by Crippen LogP contribution is 2.30. The van der Waals surface area contributed by atoms with Gasteiger partial charge in [0.1, 0.15) is 0 Å². The van der Waals surface area contributed by atoms with Crippen molar-refractivity contribution in [1.82, 2.24) is 9.97 Å². The van der Waals surface area contributed by atoms with Crippen LogP contribution < -0.4 is 0 Å². The first-order valence-electron chi connectivity index (χ1n) is 6.88. The Morgan fingerprint density at radius 3 is 1.95 bits per heavy atom. The van der Waals surface area contributed by atoms with Gasteiger partial charge >= 0.3 is 0 Å². The molecule has 3 aromatic rings. The van der Waals surface area contributed by atoms with Crippen LogP contribution >= 0.6 is 15.9 Å². The second-order valence-corrected chi connectivity index (χ2v) is 5.78. The molecule has 0 bridgehead atoms. The van der Waals surface area contributed by atoms with E-state index in [1.54, 1.807) is 0 Å². The van der Waals surface area contributed by atoms with Gasteiger partial charge in [-0.3, -0.25) is 9.97 Å². The zero-order chi connectivity index (χ0) is 14.5. The molecule has 0 N–H and O–H groups in total. The molecule has 104 valence electrons. The molecular weight excluding hydrogens is 324 g/mol. The van der Waals surface area contributed by atoms with Crippen LogP contribution in [0, 0.1) is 0 Å². The van der Waals surface area contributed by atoms with E-state index in [9.17, 15) is 0 Å². The van der Waals surface area contributed by atoms with Crippen molar-refractivity contribution < 1.29 is 0 Å². The molecule has 2 heterocycles. The van der Waals surface area contributed by atoms with Gasteiger partial charge < -0.3 is 0 Å². The number of benzene rings is 1. The third-order valence-electron chi connectivity index (χ3n) is 3.56. The highest BCUT2D eigenvalue weighted by molar-refractivity contribution is 9.10. The van der Waals surface area contributed by atoms with Gasteiger partial charge in [-0.15, -0.1) is 0 Å². The molecule has 2 nitrogen and oxygen atoms in total. The fourth-order valence-corrected chi connectivity index (χ4v) is 2.92. The lowest BCUT2D eigenvalue weighted by Crippen LogP contribution is -2.06. The molecule has 0 amide bonds. The Morgan fingerprint density at radius 1 is 0.810 bits per heavy atom. The monoisotopic (exact) mass is 338 g/mol. The van der Waals surface area contributed by atoms with E-state index in [0.29, 0.717) is 0 Å². The Bertz CT molecular complexity index is 659. The van der Waals surface area contributed by atoms with Gasteiger partial charge in [0.25, 0.3) is 0 Å². The first-order valence-corrected chi connectivity index (χ1v) is 7.67. The third kappa shape index (κ3) is 3.37. The smallest absolute Gasteiger partial charge is 0.0306 e. The van der Waals surface area contributed by atoms with Crippen molar-refractivity contribution in [2.75, 3.05) is 0 Å². The summed E-state index contributed by atoms with van der Waals surface area (Å²) in [6, 6.07) is 16.6. The minimum Gasteiger partial charge on any atom is -0.264 e. The molecule has 0 aliphatic heterocycles. The van der Waals surface area contributed by atoms with Crippen LogP contribution in [0.2, 0.25) is 0 Å². The number of nitrogens with zero attached hydrogens (tertiary/aromatic N) is 2. The van der Waals surface area contributed by atoms with Crippen molar-refractivity contribution >= 4 is 15.9 Å². The summed E-state index contributed by atoms with van der Waals surface area (Å²) in [6.07, 6.45) is 8.41. The van der Waals surface area contributed by atoms with Crippen LogP contribution in [-0.2, 0) is 6.42 Å². The van der Waals surface area contributed by atoms with Crippen molar-refractivity contribution in [1.29, 1.82) is 0 Å². The Labute approximate surface area is 133 Å². The summed E-state index contributed by atoms with van der Waals surface area (Å²) in [5.74, 6) is 0.256. The number of pyridine rings is 2. The largest absolute Gasteiger partial charge is 0.264 e. The van der Waals surface area contributed by atoms with Crippen molar-refractivity contribution in [2.45, 2.75) is 12.3 Å². The molecule has 0 atom stereocenters. The molecule has 0 radical (unpaired) electrons. The summed E-state index contributed by atoms with van der Waals surface area (Å²) in [5.41, 5.74) is 3.71. The average molecular weight is 339 g/mol. The maximum Gasteiger partial charge on any atom is 0.0306 e. The fourth-order valence-electron chi connectivity index (χ4n) is 2.48. The number of hydrogen-bond donors (Lipinski definition) is 0. The average Bonchev–Trinajstić information content (AvgIpc) is 2.56. The van der Waals surface area contributed by atoms with E-state index in [0.717, 1.165) is 10.9 Å². The lowest BCUT2D eigenvalue weighted by Gasteiger charge is -2.18. The van der Waals surface area contributed by atoms with Gasteiger partial charge in [-0.25, -0.2) is 0 Å². The van der Waals surface area contributed by atoms with Gasteiger partial charge in [0.2, 0.25) is 0 Å². The predicted octanol–water partition coefficient (Wildman–Crippen LogP) is 4.61. The molecule has 3 heteroatoms. The molecule has 3 rings (SSSR count). The van der Waals surface area contributed by atoms with Crippen LogP contribution in [0.1, 0.15) is 22.6 Å². The van der Waals surface area contributed by atoms with Gasteiger partial charge in [-0.2, -0.15) is 0 Å². The normalized spacial score (nSPS) is 10.8. The van der Waals surface area contributed by atoms with Crippen molar-refractivity contribution in [3.8, 4) is 0 Å². The SMILES string of the molecule is Brc1ccccc1CC(c1cccnc1)c1cccnc1. The van der Waals surface area contributed by atoms with Crippen LogP contribution in [0.15, 0.2) is 77.8 Å². The number of rotatable bonds is 4. The molecule has 0 aliphatic carbocycles. The van der Waals surface area contributed by atoms with E-state index < -0.39 is 0 Å². The Morgan fingerprint density at radius 2 is 1.43 bits per heavy atom. The summed E-state index contributed by atoms with van der Waals surface area (Å²) in [7, 11) is 0.